The van der Waals surface area contributed by atoms with E-state index < -0.39 is 12.7 Å². The summed E-state index contributed by atoms with van der Waals surface area (Å²) >= 11 is 1.32. The highest BCUT2D eigenvalue weighted by atomic mass is 32.1. The van der Waals surface area contributed by atoms with Crippen molar-refractivity contribution < 1.29 is 18.6 Å². The molecule has 3 nitrogen and oxygen atoms in total. The number of halogens is 2. The molecule has 0 radical (unpaired) electrons. The zero-order valence-corrected chi connectivity index (χ0v) is 10.3. The molecule has 2 rings (SSSR count). The van der Waals surface area contributed by atoms with E-state index in [1.807, 2.05) is 0 Å². The van der Waals surface area contributed by atoms with Crippen molar-refractivity contribution in [3.8, 4) is 17.0 Å². The van der Waals surface area contributed by atoms with E-state index in [9.17, 15) is 13.9 Å². The summed E-state index contributed by atoms with van der Waals surface area (Å²) in [6, 6.07) is 6.32. The SMILES string of the molecule is CC(O)c1nc(-c2cccc(OC(F)F)c2)cs1. The van der Waals surface area contributed by atoms with Gasteiger partial charge in [-0.15, -0.1) is 11.3 Å². The first-order valence-electron chi connectivity index (χ1n) is 5.25. The Morgan fingerprint density at radius 3 is 2.78 bits per heavy atom. The monoisotopic (exact) mass is 271 g/mol. The van der Waals surface area contributed by atoms with Gasteiger partial charge in [0.25, 0.3) is 0 Å². The summed E-state index contributed by atoms with van der Waals surface area (Å²) in [6.07, 6.45) is -0.635. The highest BCUT2D eigenvalue weighted by Gasteiger charge is 2.10. The molecule has 6 heteroatoms. The second kappa shape index (κ2) is 5.41. The third-order valence-corrected chi connectivity index (χ3v) is 3.25. The molecule has 1 N–H and O–H groups in total. The first-order valence-corrected chi connectivity index (χ1v) is 6.13. The Morgan fingerprint density at radius 1 is 1.39 bits per heavy atom. The number of ether oxygens (including phenoxy) is 1. The average molecular weight is 271 g/mol. The van der Waals surface area contributed by atoms with Crippen LogP contribution in [0.5, 0.6) is 5.75 Å². The molecule has 2 aromatic rings. The van der Waals surface area contributed by atoms with Gasteiger partial charge in [0.2, 0.25) is 0 Å². The first-order chi connectivity index (χ1) is 8.56. The summed E-state index contributed by atoms with van der Waals surface area (Å²) in [5.74, 6) is 0.0918. The fourth-order valence-corrected chi connectivity index (χ4v) is 2.21. The minimum atomic E-state index is -2.84. The largest absolute Gasteiger partial charge is 0.435 e. The van der Waals surface area contributed by atoms with Crippen molar-refractivity contribution >= 4 is 11.3 Å². The molecule has 0 bridgehead atoms. The summed E-state index contributed by atoms with van der Waals surface area (Å²) in [4.78, 5) is 4.23. The van der Waals surface area contributed by atoms with Crippen molar-refractivity contribution in [1.29, 1.82) is 0 Å². The van der Waals surface area contributed by atoms with Gasteiger partial charge in [-0.2, -0.15) is 8.78 Å². The number of benzene rings is 1. The predicted molar refractivity (Wildman–Crippen MR) is 64.8 cm³/mol. The van der Waals surface area contributed by atoms with E-state index in [1.165, 1.54) is 23.5 Å². The van der Waals surface area contributed by atoms with Gasteiger partial charge in [-0.1, -0.05) is 12.1 Å². The molecule has 0 aliphatic heterocycles. The van der Waals surface area contributed by atoms with E-state index in [1.54, 1.807) is 24.4 Å². The zero-order chi connectivity index (χ0) is 13.1. The molecule has 0 saturated carbocycles. The van der Waals surface area contributed by atoms with Gasteiger partial charge >= 0.3 is 6.61 Å². The van der Waals surface area contributed by atoms with Crippen LogP contribution in [-0.2, 0) is 0 Å². The standard InChI is InChI=1S/C12H11F2NO2S/c1-7(16)11-15-10(6-18-11)8-3-2-4-9(5-8)17-12(13)14/h2-7,12,16H,1H3. The van der Waals surface area contributed by atoms with Crippen LogP contribution >= 0.6 is 11.3 Å². The Morgan fingerprint density at radius 2 is 2.17 bits per heavy atom. The second-order valence-electron chi connectivity index (χ2n) is 3.65. The number of alkyl halides is 2. The van der Waals surface area contributed by atoms with Crippen molar-refractivity contribution in [2.45, 2.75) is 19.6 Å². The van der Waals surface area contributed by atoms with Crippen LogP contribution in [0.15, 0.2) is 29.6 Å². The third-order valence-electron chi connectivity index (χ3n) is 2.23. The molecule has 1 unspecified atom stereocenters. The maximum Gasteiger partial charge on any atom is 0.387 e. The number of hydrogen-bond donors (Lipinski definition) is 1. The minimum absolute atomic E-state index is 0.0918. The van der Waals surface area contributed by atoms with Gasteiger partial charge in [0.05, 0.1) is 5.69 Å². The van der Waals surface area contributed by atoms with Gasteiger partial charge in [-0.25, -0.2) is 4.98 Å². The van der Waals surface area contributed by atoms with Crippen molar-refractivity contribution in [3.63, 3.8) is 0 Å². The molecular weight excluding hydrogens is 260 g/mol. The fraction of sp³-hybridized carbons (Fsp3) is 0.250. The number of rotatable bonds is 4. The number of aliphatic hydroxyl groups excluding tert-OH is 1. The fourth-order valence-electron chi connectivity index (χ4n) is 1.44. The van der Waals surface area contributed by atoms with E-state index in [2.05, 4.69) is 9.72 Å². The van der Waals surface area contributed by atoms with Gasteiger partial charge in [-0.05, 0) is 19.1 Å². The van der Waals surface area contributed by atoms with Crippen LogP contribution in [0.1, 0.15) is 18.0 Å². The smallest absolute Gasteiger partial charge is 0.387 e. The molecule has 0 fully saturated rings. The Kier molecular flexibility index (Phi) is 3.88. The normalized spacial score (nSPS) is 12.7. The van der Waals surface area contributed by atoms with E-state index in [0.29, 0.717) is 16.3 Å². The first kappa shape index (κ1) is 12.9. The van der Waals surface area contributed by atoms with Gasteiger partial charge in [-0.3, -0.25) is 0 Å². The summed E-state index contributed by atoms with van der Waals surface area (Å²) in [6.45, 7) is -1.22. The third kappa shape index (κ3) is 3.02. The Bertz CT molecular complexity index is 528. The van der Waals surface area contributed by atoms with Crippen LogP contribution in [0.2, 0.25) is 0 Å². The van der Waals surface area contributed by atoms with Crippen molar-refractivity contribution in [3.05, 3.63) is 34.7 Å². The van der Waals surface area contributed by atoms with Crippen molar-refractivity contribution in [2.24, 2.45) is 0 Å². The van der Waals surface area contributed by atoms with Crippen LogP contribution in [-0.4, -0.2) is 16.7 Å². The highest BCUT2D eigenvalue weighted by molar-refractivity contribution is 7.10. The van der Waals surface area contributed by atoms with Crippen molar-refractivity contribution in [2.75, 3.05) is 0 Å². The van der Waals surface area contributed by atoms with E-state index in [0.717, 1.165) is 0 Å². The molecule has 1 aromatic carbocycles. The number of hydrogen-bond acceptors (Lipinski definition) is 4. The summed E-state index contributed by atoms with van der Waals surface area (Å²) in [7, 11) is 0. The summed E-state index contributed by atoms with van der Waals surface area (Å²) in [5.41, 5.74) is 1.31. The molecule has 0 spiro atoms. The number of nitrogens with zero attached hydrogens (tertiary/aromatic N) is 1. The molecule has 0 amide bonds. The van der Waals surface area contributed by atoms with E-state index in [-0.39, 0.29) is 5.75 Å². The number of thiazole rings is 1. The Hall–Kier alpha value is -1.53. The van der Waals surface area contributed by atoms with Gasteiger partial charge in [0.1, 0.15) is 16.9 Å². The lowest BCUT2D eigenvalue weighted by Crippen LogP contribution is -2.01. The molecular formula is C12H11F2NO2S. The summed E-state index contributed by atoms with van der Waals surface area (Å²) in [5, 5.41) is 11.7. The molecule has 1 aromatic heterocycles. The molecule has 1 heterocycles. The topological polar surface area (TPSA) is 42.4 Å². The maximum atomic E-state index is 12.1. The Balaban J connectivity index is 2.26. The quantitative estimate of drug-likeness (QED) is 0.926. The molecule has 1 atom stereocenters. The second-order valence-corrected chi connectivity index (χ2v) is 4.54. The average Bonchev–Trinajstić information content (AvgIpc) is 2.77. The van der Waals surface area contributed by atoms with Crippen molar-refractivity contribution in [1.82, 2.24) is 4.98 Å². The zero-order valence-electron chi connectivity index (χ0n) is 9.51. The lowest BCUT2D eigenvalue weighted by atomic mass is 10.1. The van der Waals surface area contributed by atoms with Crippen LogP contribution in [0, 0.1) is 0 Å². The van der Waals surface area contributed by atoms with E-state index in [4.69, 9.17) is 0 Å². The van der Waals surface area contributed by atoms with Gasteiger partial charge < -0.3 is 9.84 Å². The van der Waals surface area contributed by atoms with Crippen LogP contribution in [0.25, 0.3) is 11.3 Å². The molecule has 0 aliphatic carbocycles. The molecule has 96 valence electrons. The highest BCUT2D eigenvalue weighted by Crippen LogP contribution is 2.28. The lowest BCUT2D eigenvalue weighted by molar-refractivity contribution is -0.0498. The summed E-state index contributed by atoms with van der Waals surface area (Å²) < 4.78 is 28.5. The molecule has 0 saturated heterocycles. The predicted octanol–water partition coefficient (Wildman–Crippen LogP) is 3.46. The maximum absolute atomic E-state index is 12.1. The van der Waals surface area contributed by atoms with Crippen LogP contribution in [0.3, 0.4) is 0 Å². The Labute approximate surface area is 107 Å². The minimum Gasteiger partial charge on any atom is -0.435 e. The lowest BCUT2D eigenvalue weighted by Gasteiger charge is -2.05. The molecule has 0 aliphatic rings. The van der Waals surface area contributed by atoms with E-state index >= 15 is 0 Å². The number of aromatic nitrogens is 1. The number of aliphatic hydroxyl groups is 1. The van der Waals surface area contributed by atoms with Gasteiger partial charge in [0, 0.05) is 10.9 Å². The molecule has 18 heavy (non-hydrogen) atoms. The van der Waals surface area contributed by atoms with Crippen LogP contribution in [0.4, 0.5) is 8.78 Å². The van der Waals surface area contributed by atoms with Gasteiger partial charge in [0.15, 0.2) is 0 Å². The van der Waals surface area contributed by atoms with Crippen LogP contribution < -0.4 is 4.74 Å².